The van der Waals surface area contributed by atoms with Crippen LogP contribution in [-0.2, 0) is 9.53 Å². The Balaban J connectivity index is 1.77. The predicted molar refractivity (Wildman–Crippen MR) is 94.7 cm³/mol. The van der Waals surface area contributed by atoms with E-state index >= 15 is 0 Å². The molecule has 0 saturated carbocycles. The fourth-order valence-electron chi connectivity index (χ4n) is 2.46. The molecule has 5 nitrogen and oxygen atoms in total. The summed E-state index contributed by atoms with van der Waals surface area (Å²) in [5.41, 5.74) is 2.24. The van der Waals surface area contributed by atoms with Gasteiger partial charge in [0.05, 0.1) is 13.2 Å². The van der Waals surface area contributed by atoms with Crippen LogP contribution in [0, 0.1) is 0 Å². The van der Waals surface area contributed by atoms with Crippen LogP contribution in [0.15, 0.2) is 30.3 Å². The first kappa shape index (κ1) is 17.5. The average Bonchev–Trinajstić information content (AvgIpc) is 2.58. The number of hydrogen-bond acceptors (Lipinski definition) is 4. The van der Waals surface area contributed by atoms with E-state index in [9.17, 15) is 4.79 Å². The molecule has 0 atom stereocenters. The Morgan fingerprint density at radius 1 is 1.26 bits per heavy atom. The van der Waals surface area contributed by atoms with E-state index in [0.717, 1.165) is 44.8 Å². The third kappa shape index (κ3) is 6.42. The zero-order valence-electron chi connectivity index (χ0n) is 14.1. The molecule has 1 N–H and O–H groups in total. The highest BCUT2D eigenvalue weighted by atomic mass is 16.5. The molecule has 0 spiro atoms. The number of nitrogens with zero attached hydrogens (tertiary/aromatic N) is 2. The number of nitrogens with one attached hydrogen (secondary N) is 1. The van der Waals surface area contributed by atoms with Crippen LogP contribution in [0.5, 0.6) is 0 Å². The Labute approximate surface area is 138 Å². The summed E-state index contributed by atoms with van der Waals surface area (Å²) in [5.74, 6) is -0.0407. The maximum atomic E-state index is 11.7. The number of amides is 1. The van der Waals surface area contributed by atoms with Crippen LogP contribution in [0.1, 0.15) is 12.0 Å². The molecule has 23 heavy (non-hydrogen) atoms. The number of hydrogen-bond donors (Lipinski definition) is 1. The summed E-state index contributed by atoms with van der Waals surface area (Å²) >= 11 is 0. The van der Waals surface area contributed by atoms with Gasteiger partial charge in [-0.2, -0.15) is 0 Å². The number of benzene rings is 1. The maximum Gasteiger partial charge on any atom is 0.243 e. The molecule has 1 heterocycles. The molecule has 5 heteroatoms. The van der Waals surface area contributed by atoms with Crippen LogP contribution < -0.4 is 10.2 Å². The second kappa shape index (κ2) is 9.33. The molecule has 1 aliphatic heterocycles. The lowest BCUT2D eigenvalue weighted by atomic mass is 10.1. The van der Waals surface area contributed by atoms with E-state index in [1.165, 1.54) is 5.69 Å². The first-order valence-electron chi connectivity index (χ1n) is 8.18. The molecule has 1 aromatic carbocycles. The third-order valence-corrected chi connectivity index (χ3v) is 3.78. The van der Waals surface area contributed by atoms with Gasteiger partial charge in [0, 0.05) is 31.4 Å². The van der Waals surface area contributed by atoms with Crippen LogP contribution in [0.3, 0.4) is 0 Å². The van der Waals surface area contributed by atoms with Gasteiger partial charge in [0.1, 0.15) is 0 Å². The SMILES string of the molecule is CN(C)CCCNC(=O)/C=C\c1ccc(N2CCOCC2)cc1. The normalized spacial score (nSPS) is 15.3. The highest BCUT2D eigenvalue weighted by molar-refractivity contribution is 5.91. The zero-order chi connectivity index (χ0) is 16.5. The second-order valence-electron chi connectivity index (χ2n) is 5.97. The van der Waals surface area contributed by atoms with Gasteiger partial charge >= 0.3 is 0 Å². The summed E-state index contributed by atoms with van der Waals surface area (Å²) in [6, 6.07) is 8.28. The van der Waals surface area contributed by atoms with Crippen molar-refractivity contribution in [3.8, 4) is 0 Å². The van der Waals surface area contributed by atoms with E-state index in [0.29, 0.717) is 6.54 Å². The predicted octanol–water partition coefficient (Wildman–Crippen LogP) is 1.60. The maximum absolute atomic E-state index is 11.7. The number of morpholine rings is 1. The molecule has 2 rings (SSSR count). The summed E-state index contributed by atoms with van der Waals surface area (Å²) in [6.07, 6.45) is 4.41. The van der Waals surface area contributed by atoms with Crippen molar-refractivity contribution in [1.82, 2.24) is 10.2 Å². The van der Waals surface area contributed by atoms with Gasteiger partial charge in [-0.25, -0.2) is 0 Å². The highest BCUT2D eigenvalue weighted by Gasteiger charge is 2.10. The van der Waals surface area contributed by atoms with Gasteiger partial charge in [-0.1, -0.05) is 12.1 Å². The Hall–Kier alpha value is -1.85. The molecule has 0 aromatic heterocycles. The van der Waals surface area contributed by atoms with E-state index in [1.807, 2.05) is 32.3 Å². The summed E-state index contributed by atoms with van der Waals surface area (Å²) in [6.45, 7) is 5.13. The molecule has 126 valence electrons. The minimum atomic E-state index is -0.0407. The molecular weight excluding hydrogens is 290 g/mol. The van der Waals surface area contributed by atoms with Crippen LogP contribution >= 0.6 is 0 Å². The molecule has 1 fully saturated rings. The Kier molecular flexibility index (Phi) is 7.10. The third-order valence-electron chi connectivity index (χ3n) is 3.78. The molecule has 0 unspecified atom stereocenters. The topological polar surface area (TPSA) is 44.8 Å². The monoisotopic (exact) mass is 317 g/mol. The molecule has 1 aliphatic rings. The van der Waals surface area contributed by atoms with Crippen LogP contribution in [0.25, 0.3) is 6.08 Å². The van der Waals surface area contributed by atoms with Gasteiger partial charge in [-0.05, 0) is 50.8 Å². The summed E-state index contributed by atoms with van der Waals surface area (Å²) in [5, 5.41) is 2.90. The number of ether oxygens (including phenoxy) is 1. The molecular formula is C18H27N3O2. The average molecular weight is 317 g/mol. The van der Waals surface area contributed by atoms with Gasteiger partial charge < -0.3 is 19.9 Å². The van der Waals surface area contributed by atoms with E-state index in [4.69, 9.17) is 4.74 Å². The zero-order valence-corrected chi connectivity index (χ0v) is 14.1. The summed E-state index contributed by atoms with van der Waals surface area (Å²) in [7, 11) is 4.06. The molecule has 0 aliphatic carbocycles. The first-order chi connectivity index (χ1) is 11.1. The number of rotatable bonds is 7. The lowest BCUT2D eigenvalue weighted by Gasteiger charge is -2.28. The Morgan fingerprint density at radius 2 is 1.96 bits per heavy atom. The standard InChI is InChI=1S/C18H27N3O2/c1-20(2)11-3-10-19-18(22)9-6-16-4-7-17(8-5-16)21-12-14-23-15-13-21/h4-9H,3,10-15H2,1-2H3,(H,19,22)/b9-6-. The van der Waals surface area contributed by atoms with Crippen molar-refractivity contribution in [2.24, 2.45) is 0 Å². The van der Waals surface area contributed by atoms with Crippen molar-refractivity contribution in [2.75, 3.05) is 58.4 Å². The van der Waals surface area contributed by atoms with Crippen LogP contribution in [-0.4, -0.2) is 64.3 Å². The van der Waals surface area contributed by atoms with Gasteiger partial charge in [-0.15, -0.1) is 0 Å². The van der Waals surface area contributed by atoms with E-state index in [1.54, 1.807) is 6.08 Å². The van der Waals surface area contributed by atoms with E-state index in [2.05, 4.69) is 27.2 Å². The minimum absolute atomic E-state index is 0.0407. The van der Waals surface area contributed by atoms with Crippen molar-refractivity contribution in [1.29, 1.82) is 0 Å². The minimum Gasteiger partial charge on any atom is -0.378 e. The van der Waals surface area contributed by atoms with Crippen LogP contribution in [0.2, 0.25) is 0 Å². The van der Waals surface area contributed by atoms with E-state index in [-0.39, 0.29) is 5.91 Å². The fourth-order valence-corrected chi connectivity index (χ4v) is 2.46. The fraction of sp³-hybridized carbons (Fsp3) is 0.500. The van der Waals surface area contributed by atoms with Gasteiger partial charge in [-0.3, -0.25) is 4.79 Å². The smallest absolute Gasteiger partial charge is 0.243 e. The number of anilines is 1. The van der Waals surface area contributed by atoms with Crippen molar-refractivity contribution in [3.05, 3.63) is 35.9 Å². The van der Waals surface area contributed by atoms with Crippen molar-refractivity contribution in [3.63, 3.8) is 0 Å². The Bertz CT molecular complexity index is 506. The van der Waals surface area contributed by atoms with Gasteiger partial charge in [0.2, 0.25) is 5.91 Å². The van der Waals surface area contributed by atoms with E-state index < -0.39 is 0 Å². The number of carbonyl (C=O) groups excluding carboxylic acids is 1. The Morgan fingerprint density at radius 3 is 2.61 bits per heavy atom. The van der Waals surface area contributed by atoms with Crippen LogP contribution in [0.4, 0.5) is 5.69 Å². The highest BCUT2D eigenvalue weighted by Crippen LogP contribution is 2.17. The first-order valence-corrected chi connectivity index (χ1v) is 8.18. The van der Waals surface area contributed by atoms with Crippen molar-refractivity contribution >= 4 is 17.7 Å². The van der Waals surface area contributed by atoms with Gasteiger partial charge in [0.25, 0.3) is 0 Å². The lowest BCUT2D eigenvalue weighted by Crippen LogP contribution is -2.36. The van der Waals surface area contributed by atoms with Crippen molar-refractivity contribution in [2.45, 2.75) is 6.42 Å². The van der Waals surface area contributed by atoms with Gasteiger partial charge in [0.15, 0.2) is 0 Å². The molecule has 1 amide bonds. The summed E-state index contributed by atoms with van der Waals surface area (Å²) < 4.78 is 5.36. The molecule has 0 radical (unpaired) electrons. The summed E-state index contributed by atoms with van der Waals surface area (Å²) in [4.78, 5) is 16.2. The molecule has 1 aromatic rings. The van der Waals surface area contributed by atoms with Crippen molar-refractivity contribution < 1.29 is 9.53 Å². The quantitative estimate of drug-likeness (QED) is 0.613. The number of carbonyl (C=O) groups is 1. The lowest BCUT2D eigenvalue weighted by molar-refractivity contribution is -0.116. The molecule has 0 bridgehead atoms. The second-order valence-corrected chi connectivity index (χ2v) is 5.97. The molecule has 1 saturated heterocycles. The largest absolute Gasteiger partial charge is 0.378 e.